The topological polar surface area (TPSA) is 38.8 Å². The monoisotopic (exact) mass is 275 g/mol. The van der Waals surface area contributed by atoms with E-state index in [1.165, 1.54) is 12.7 Å². The standard InChI is InChI=1S/C16H21NO3/c1-19-16(18)12-6-8-17(9-7-12)11-14-10-13-4-2-3-5-15(13)20-14/h2-5,12,14H,6-11H2,1H3. The number of carbonyl (C=O) groups excluding carboxylic acids is 1. The molecule has 0 radical (unpaired) electrons. The molecule has 0 spiro atoms. The van der Waals surface area contributed by atoms with Crippen molar-refractivity contribution in [1.82, 2.24) is 4.90 Å². The predicted octanol–water partition coefficient (Wildman–Crippen LogP) is 1.88. The second kappa shape index (κ2) is 5.83. The van der Waals surface area contributed by atoms with Gasteiger partial charge in [0.1, 0.15) is 11.9 Å². The van der Waals surface area contributed by atoms with Crippen LogP contribution >= 0.6 is 0 Å². The Morgan fingerprint density at radius 1 is 1.35 bits per heavy atom. The molecule has 1 fully saturated rings. The molecule has 0 amide bonds. The molecule has 0 aromatic heterocycles. The molecule has 1 atom stereocenters. The van der Waals surface area contributed by atoms with Gasteiger partial charge >= 0.3 is 5.97 Å². The van der Waals surface area contributed by atoms with Crippen LogP contribution in [-0.4, -0.2) is 43.7 Å². The van der Waals surface area contributed by atoms with E-state index in [9.17, 15) is 4.79 Å². The van der Waals surface area contributed by atoms with Gasteiger partial charge in [-0.15, -0.1) is 0 Å². The third kappa shape index (κ3) is 2.80. The van der Waals surface area contributed by atoms with E-state index in [-0.39, 0.29) is 18.0 Å². The Morgan fingerprint density at radius 2 is 2.10 bits per heavy atom. The largest absolute Gasteiger partial charge is 0.488 e. The maximum absolute atomic E-state index is 11.5. The molecule has 108 valence electrons. The van der Waals surface area contributed by atoms with Crippen LogP contribution in [0.2, 0.25) is 0 Å². The molecule has 1 saturated heterocycles. The number of fused-ring (bicyclic) bond motifs is 1. The minimum absolute atomic E-state index is 0.0610. The van der Waals surface area contributed by atoms with Crippen molar-refractivity contribution in [2.45, 2.75) is 25.4 Å². The molecule has 20 heavy (non-hydrogen) atoms. The number of benzene rings is 1. The number of carbonyl (C=O) groups is 1. The van der Waals surface area contributed by atoms with Crippen molar-refractivity contribution in [2.75, 3.05) is 26.7 Å². The van der Waals surface area contributed by atoms with Crippen LogP contribution in [0.5, 0.6) is 5.75 Å². The summed E-state index contributed by atoms with van der Waals surface area (Å²) in [6.07, 6.45) is 3.04. The van der Waals surface area contributed by atoms with Crippen molar-refractivity contribution >= 4 is 5.97 Å². The molecule has 0 saturated carbocycles. The van der Waals surface area contributed by atoms with Crippen LogP contribution in [0.4, 0.5) is 0 Å². The molecule has 2 heterocycles. The minimum Gasteiger partial charge on any atom is -0.488 e. The molecule has 0 aliphatic carbocycles. The normalized spacial score (nSPS) is 23.1. The smallest absolute Gasteiger partial charge is 0.308 e. The summed E-state index contributed by atoms with van der Waals surface area (Å²) >= 11 is 0. The zero-order valence-electron chi connectivity index (χ0n) is 11.9. The van der Waals surface area contributed by atoms with Crippen LogP contribution in [0, 0.1) is 5.92 Å². The van der Waals surface area contributed by atoms with E-state index < -0.39 is 0 Å². The van der Waals surface area contributed by atoms with Crippen LogP contribution in [-0.2, 0) is 16.0 Å². The summed E-state index contributed by atoms with van der Waals surface area (Å²) in [6.45, 7) is 2.86. The summed E-state index contributed by atoms with van der Waals surface area (Å²) in [4.78, 5) is 13.9. The van der Waals surface area contributed by atoms with Gasteiger partial charge in [-0.25, -0.2) is 0 Å². The fourth-order valence-electron chi connectivity index (χ4n) is 3.16. The zero-order valence-corrected chi connectivity index (χ0v) is 11.9. The van der Waals surface area contributed by atoms with Crippen molar-refractivity contribution in [1.29, 1.82) is 0 Å². The summed E-state index contributed by atoms with van der Waals surface area (Å²) in [5.41, 5.74) is 1.31. The molecule has 4 heteroatoms. The van der Waals surface area contributed by atoms with Gasteiger partial charge in [-0.1, -0.05) is 18.2 Å². The first-order valence-electron chi connectivity index (χ1n) is 7.31. The Bertz CT molecular complexity index is 455. The van der Waals surface area contributed by atoms with Gasteiger partial charge in [0.2, 0.25) is 0 Å². The second-order valence-corrected chi connectivity index (χ2v) is 5.65. The number of likely N-dealkylation sites (tertiary alicyclic amines) is 1. The number of hydrogen-bond acceptors (Lipinski definition) is 4. The molecule has 1 unspecified atom stereocenters. The van der Waals surface area contributed by atoms with Crippen LogP contribution in [0.1, 0.15) is 18.4 Å². The third-order valence-electron chi connectivity index (χ3n) is 4.30. The van der Waals surface area contributed by atoms with Crippen molar-refractivity contribution in [3.05, 3.63) is 29.8 Å². The summed E-state index contributed by atoms with van der Waals surface area (Å²) < 4.78 is 10.8. The van der Waals surface area contributed by atoms with Crippen LogP contribution in [0.15, 0.2) is 24.3 Å². The van der Waals surface area contributed by atoms with Gasteiger partial charge in [0.15, 0.2) is 0 Å². The summed E-state index contributed by atoms with van der Waals surface area (Å²) in [5, 5.41) is 0. The highest BCUT2D eigenvalue weighted by atomic mass is 16.5. The molecule has 0 N–H and O–H groups in total. The minimum atomic E-state index is -0.0610. The van der Waals surface area contributed by atoms with E-state index in [0.29, 0.717) is 0 Å². The fraction of sp³-hybridized carbons (Fsp3) is 0.562. The number of hydrogen-bond donors (Lipinski definition) is 0. The van der Waals surface area contributed by atoms with Crippen LogP contribution in [0.3, 0.4) is 0 Å². The van der Waals surface area contributed by atoms with Crippen molar-refractivity contribution in [2.24, 2.45) is 5.92 Å². The van der Waals surface area contributed by atoms with E-state index in [2.05, 4.69) is 17.0 Å². The molecule has 1 aromatic rings. The molecule has 3 rings (SSSR count). The number of para-hydroxylation sites is 1. The van der Waals surface area contributed by atoms with Crippen LogP contribution < -0.4 is 4.74 Å². The molecule has 2 aliphatic rings. The first-order valence-corrected chi connectivity index (χ1v) is 7.31. The average molecular weight is 275 g/mol. The van der Waals surface area contributed by atoms with Gasteiger partial charge in [0.05, 0.1) is 13.0 Å². The van der Waals surface area contributed by atoms with Crippen LogP contribution in [0.25, 0.3) is 0 Å². The van der Waals surface area contributed by atoms with Crippen molar-refractivity contribution in [3.63, 3.8) is 0 Å². The van der Waals surface area contributed by atoms with Gasteiger partial charge < -0.3 is 9.47 Å². The van der Waals surface area contributed by atoms with E-state index >= 15 is 0 Å². The Labute approximate surface area is 119 Å². The van der Waals surface area contributed by atoms with E-state index in [1.54, 1.807) is 0 Å². The molecular formula is C16H21NO3. The summed E-state index contributed by atoms with van der Waals surface area (Å²) in [5.74, 6) is 1.05. The summed E-state index contributed by atoms with van der Waals surface area (Å²) in [6, 6.07) is 8.26. The number of nitrogens with zero attached hydrogens (tertiary/aromatic N) is 1. The Balaban J connectivity index is 1.48. The molecule has 1 aromatic carbocycles. The number of methoxy groups -OCH3 is 1. The van der Waals surface area contributed by atoms with Gasteiger partial charge in [-0.3, -0.25) is 9.69 Å². The molecular weight excluding hydrogens is 254 g/mol. The molecule has 0 bridgehead atoms. The Kier molecular flexibility index (Phi) is 3.92. The second-order valence-electron chi connectivity index (χ2n) is 5.65. The third-order valence-corrected chi connectivity index (χ3v) is 4.30. The number of rotatable bonds is 3. The summed E-state index contributed by atoms with van der Waals surface area (Å²) in [7, 11) is 1.47. The SMILES string of the molecule is COC(=O)C1CCN(CC2Cc3ccccc3O2)CC1. The maximum atomic E-state index is 11.5. The number of esters is 1. The van der Waals surface area contributed by atoms with E-state index in [4.69, 9.17) is 9.47 Å². The Morgan fingerprint density at radius 3 is 2.80 bits per heavy atom. The average Bonchev–Trinajstić information content (AvgIpc) is 2.89. The zero-order chi connectivity index (χ0) is 13.9. The van der Waals surface area contributed by atoms with Crippen molar-refractivity contribution < 1.29 is 14.3 Å². The highest BCUT2D eigenvalue weighted by molar-refractivity contribution is 5.72. The number of ether oxygens (including phenoxy) is 2. The molecule has 4 nitrogen and oxygen atoms in total. The lowest BCUT2D eigenvalue weighted by molar-refractivity contribution is -0.147. The van der Waals surface area contributed by atoms with E-state index in [0.717, 1.165) is 44.6 Å². The lowest BCUT2D eigenvalue weighted by Crippen LogP contribution is -2.41. The number of piperidine rings is 1. The van der Waals surface area contributed by atoms with Gasteiger partial charge in [0.25, 0.3) is 0 Å². The van der Waals surface area contributed by atoms with Gasteiger partial charge in [0, 0.05) is 13.0 Å². The molecule has 2 aliphatic heterocycles. The lowest BCUT2D eigenvalue weighted by atomic mass is 9.96. The van der Waals surface area contributed by atoms with E-state index in [1.807, 2.05) is 12.1 Å². The maximum Gasteiger partial charge on any atom is 0.308 e. The first-order chi connectivity index (χ1) is 9.76. The first kappa shape index (κ1) is 13.4. The fourth-order valence-corrected chi connectivity index (χ4v) is 3.16. The Hall–Kier alpha value is -1.55. The quantitative estimate of drug-likeness (QED) is 0.790. The van der Waals surface area contributed by atoms with Crippen molar-refractivity contribution in [3.8, 4) is 5.75 Å². The lowest BCUT2D eigenvalue weighted by Gasteiger charge is -2.32. The van der Waals surface area contributed by atoms with Gasteiger partial charge in [-0.05, 0) is 37.6 Å². The predicted molar refractivity (Wildman–Crippen MR) is 75.7 cm³/mol. The highest BCUT2D eigenvalue weighted by Crippen LogP contribution is 2.29. The highest BCUT2D eigenvalue weighted by Gasteiger charge is 2.29. The van der Waals surface area contributed by atoms with Gasteiger partial charge in [-0.2, -0.15) is 0 Å².